The van der Waals surface area contributed by atoms with E-state index in [0.29, 0.717) is 19.5 Å². The number of carbonyl (C=O) groups excluding carboxylic acids is 1. The van der Waals surface area contributed by atoms with Gasteiger partial charge in [0.1, 0.15) is 12.1 Å². The summed E-state index contributed by atoms with van der Waals surface area (Å²) in [4.78, 5) is 22.7. The van der Waals surface area contributed by atoms with Crippen LogP contribution in [0.3, 0.4) is 0 Å². The van der Waals surface area contributed by atoms with Crippen LogP contribution >= 0.6 is 0 Å². The number of rotatable bonds is 10. The Morgan fingerprint density at radius 2 is 1.72 bits per heavy atom. The van der Waals surface area contributed by atoms with Crippen LogP contribution in [0.15, 0.2) is 85.1 Å². The summed E-state index contributed by atoms with van der Waals surface area (Å²) in [6.07, 6.45) is 5.26. The number of hydrogen-bond acceptors (Lipinski definition) is 5. The molecule has 39 heavy (non-hydrogen) atoms. The second kappa shape index (κ2) is 12.4. The van der Waals surface area contributed by atoms with Gasteiger partial charge in [-0.05, 0) is 41.7 Å². The van der Waals surface area contributed by atoms with Crippen LogP contribution in [-0.4, -0.2) is 57.6 Å². The molecule has 1 saturated heterocycles. The Morgan fingerprint density at radius 1 is 1.03 bits per heavy atom. The number of nitrogens with one attached hydrogen (secondary N) is 2. The first kappa shape index (κ1) is 26.8. The van der Waals surface area contributed by atoms with E-state index in [1.165, 1.54) is 0 Å². The van der Waals surface area contributed by atoms with Gasteiger partial charge in [0.15, 0.2) is 0 Å². The van der Waals surface area contributed by atoms with Crippen molar-refractivity contribution in [2.75, 3.05) is 13.2 Å². The molecule has 0 bridgehead atoms. The predicted molar refractivity (Wildman–Crippen MR) is 153 cm³/mol. The Hall–Kier alpha value is -3.75. The third-order valence-electron chi connectivity index (χ3n) is 7.30. The first-order valence-corrected chi connectivity index (χ1v) is 13.4. The fraction of sp³-hybridized carbons (Fsp3) is 0.281. The average molecular weight is 526 g/mol. The highest BCUT2D eigenvalue weighted by Crippen LogP contribution is 2.31. The minimum absolute atomic E-state index is 0.223. The van der Waals surface area contributed by atoms with E-state index >= 15 is 0 Å². The molecule has 1 fully saturated rings. The van der Waals surface area contributed by atoms with Gasteiger partial charge in [-0.25, -0.2) is 0 Å². The molecule has 5 rings (SSSR count). The quantitative estimate of drug-likeness (QED) is 0.233. The molecular weight excluding hydrogens is 490 g/mol. The molecule has 202 valence electrons. The first-order valence-electron chi connectivity index (χ1n) is 13.4. The lowest BCUT2D eigenvalue weighted by Gasteiger charge is -2.24. The number of nitrogens with zero attached hydrogens (tertiary/aromatic N) is 1. The van der Waals surface area contributed by atoms with E-state index < -0.39 is 24.2 Å². The number of aromatic nitrogens is 1. The highest BCUT2D eigenvalue weighted by Gasteiger charge is 2.48. The Bertz CT molecular complexity index is 1400. The van der Waals surface area contributed by atoms with Gasteiger partial charge in [-0.1, -0.05) is 84.9 Å². The number of para-hydroxylation sites is 1. The molecule has 4 N–H and O–H groups in total. The molecule has 7 heteroatoms. The van der Waals surface area contributed by atoms with Crippen LogP contribution < -0.4 is 5.32 Å². The van der Waals surface area contributed by atoms with Gasteiger partial charge in [-0.3, -0.25) is 9.63 Å². The second-order valence-corrected chi connectivity index (χ2v) is 10.1. The van der Waals surface area contributed by atoms with Gasteiger partial charge in [0.05, 0.1) is 19.3 Å². The van der Waals surface area contributed by atoms with E-state index in [2.05, 4.69) is 40.7 Å². The number of benzene rings is 3. The van der Waals surface area contributed by atoms with Crippen molar-refractivity contribution in [3.63, 3.8) is 0 Å². The van der Waals surface area contributed by atoms with Crippen molar-refractivity contribution >= 4 is 29.0 Å². The number of carbonyl (C=O) groups is 1. The molecule has 0 spiro atoms. The normalized spacial score (nSPS) is 20.5. The van der Waals surface area contributed by atoms with Crippen LogP contribution in [0, 0.1) is 5.92 Å². The molecule has 1 aromatic heterocycles. The van der Waals surface area contributed by atoms with Gasteiger partial charge < -0.3 is 20.5 Å². The standard InChI is InChI=1S/C32H35N3O4/c1-22(37)31-28(21-36)30(32(38)33-18-17-26-19-34-29-10-6-5-9-27(26)29)35(39-31)20-25-15-13-24(14-16-25)12-11-23-7-3-2-4-8-23/h2-16,19,22,28,30-31,34,36-37H,17-18,20-21H2,1H3,(H,33,38)/t22-,28+,30+,31+/m0/s1. The molecule has 0 radical (unpaired) electrons. The largest absolute Gasteiger partial charge is 0.396 e. The van der Waals surface area contributed by atoms with Crippen molar-refractivity contribution in [2.45, 2.75) is 38.1 Å². The summed E-state index contributed by atoms with van der Waals surface area (Å²) in [6.45, 7) is 2.15. The number of amides is 1. The van der Waals surface area contributed by atoms with Gasteiger partial charge >= 0.3 is 0 Å². The smallest absolute Gasteiger partial charge is 0.240 e. The van der Waals surface area contributed by atoms with Crippen LogP contribution in [0.4, 0.5) is 0 Å². The first-order chi connectivity index (χ1) is 19.0. The topological polar surface area (TPSA) is 97.8 Å². The molecule has 2 heterocycles. The lowest BCUT2D eigenvalue weighted by molar-refractivity contribution is -0.192. The number of hydroxylamine groups is 2. The van der Waals surface area contributed by atoms with Crippen molar-refractivity contribution in [3.05, 3.63) is 107 Å². The molecule has 1 aliphatic rings. The maximum Gasteiger partial charge on any atom is 0.240 e. The summed E-state index contributed by atoms with van der Waals surface area (Å²) >= 11 is 0. The Balaban J connectivity index is 1.25. The summed E-state index contributed by atoms with van der Waals surface area (Å²) in [5.41, 5.74) is 5.35. The van der Waals surface area contributed by atoms with Crippen LogP contribution in [0.5, 0.6) is 0 Å². The number of hydrogen-bond donors (Lipinski definition) is 4. The van der Waals surface area contributed by atoms with Gasteiger partial charge in [-0.15, -0.1) is 0 Å². The molecule has 3 aromatic carbocycles. The van der Waals surface area contributed by atoms with Crippen molar-refractivity contribution in [3.8, 4) is 0 Å². The number of aliphatic hydroxyl groups is 2. The van der Waals surface area contributed by atoms with Crippen molar-refractivity contribution in [1.29, 1.82) is 0 Å². The lowest BCUT2D eigenvalue weighted by Crippen LogP contribution is -2.48. The van der Waals surface area contributed by atoms with Gasteiger partial charge in [-0.2, -0.15) is 5.06 Å². The average Bonchev–Trinajstić information content (AvgIpc) is 3.54. The number of aliphatic hydroxyl groups excluding tert-OH is 2. The zero-order valence-corrected chi connectivity index (χ0v) is 22.0. The maximum absolute atomic E-state index is 13.4. The van der Waals surface area contributed by atoms with E-state index in [1.807, 2.05) is 66.9 Å². The lowest BCUT2D eigenvalue weighted by atomic mass is 9.92. The van der Waals surface area contributed by atoms with Gasteiger partial charge in [0, 0.05) is 29.6 Å². The van der Waals surface area contributed by atoms with Crippen molar-refractivity contribution < 1.29 is 19.8 Å². The molecule has 4 aromatic rings. The van der Waals surface area contributed by atoms with Gasteiger partial charge in [0.25, 0.3) is 0 Å². The van der Waals surface area contributed by atoms with E-state index in [4.69, 9.17) is 4.84 Å². The Labute approximate surface area is 228 Å². The third kappa shape index (κ3) is 6.29. The van der Waals surface area contributed by atoms with E-state index in [-0.39, 0.29) is 12.5 Å². The van der Waals surface area contributed by atoms with E-state index in [0.717, 1.165) is 33.2 Å². The summed E-state index contributed by atoms with van der Waals surface area (Å²) in [6, 6.07) is 25.5. The minimum atomic E-state index is -0.834. The fourth-order valence-corrected chi connectivity index (χ4v) is 5.24. The fourth-order valence-electron chi connectivity index (χ4n) is 5.24. The van der Waals surface area contributed by atoms with Crippen molar-refractivity contribution in [2.24, 2.45) is 5.92 Å². The molecule has 1 amide bonds. The van der Waals surface area contributed by atoms with Crippen LogP contribution in [0.25, 0.3) is 23.1 Å². The van der Waals surface area contributed by atoms with Crippen LogP contribution in [0.2, 0.25) is 0 Å². The zero-order valence-electron chi connectivity index (χ0n) is 22.0. The molecule has 0 aliphatic carbocycles. The molecule has 1 aliphatic heterocycles. The van der Waals surface area contributed by atoms with Crippen LogP contribution in [0.1, 0.15) is 29.2 Å². The Kier molecular flexibility index (Phi) is 8.54. The van der Waals surface area contributed by atoms with E-state index in [9.17, 15) is 15.0 Å². The number of fused-ring (bicyclic) bond motifs is 1. The third-order valence-corrected chi connectivity index (χ3v) is 7.30. The molecule has 4 atom stereocenters. The van der Waals surface area contributed by atoms with Crippen molar-refractivity contribution in [1.82, 2.24) is 15.4 Å². The molecule has 0 saturated carbocycles. The second-order valence-electron chi connectivity index (χ2n) is 10.1. The summed E-state index contributed by atoms with van der Waals surface area (Å²) in [7, 11) is 0. The molecular formula is C32H35N3O4. The Morgan fingerprint density at radius 3 is 2.44 bits per heavy atom. The predicted octanol–water partition coefficient (Wildman–Crippen LogP) is 4.17. The SMILES string of the molecule is C[C@H](O)[C@H]1ON(Cc2ccc(C=Cc3ccccc3)cc2)[C@@H](C(=O)NCCc2c[nH]c3ccccc23)[C@H]1CO. The minimum Gasteiger partial charge on any atom is -0.396 e. The maximum atomic E-state index is 13.4. The summed E-state index contributed by atoms with van der Waals surface area (Å²) in [5, 5.41) is 26.3. The monoisotopic (exact) mass is 525 g/mol. The highest BCUT2D eigenvalue weighted by atomic mass is 16.7. The zero-order chi connectivity index (χ0) is 27.2. The summed E-state index contributed by atoms with van der Waals surface area (Å²) in [5.74, 6) is -0.773. The van der Waals surface area contributed by atoms with E-state index in [1.54, 1.807) is 12.0 Å². The number of aromatic amines is 1. The van der Waals surface area contributed by atoms with Gasteiger partial charge in [0.2, 0.25) is 5.91 Å². The molecule has 0 unspecified atom stereocenters. The summed E-state index contributed by atoms with van der Waals surface area (Å²) < 4.78 is 0. The molecule has 7 nitrogen and oxygen atoms in total. The number of H-pyrrole nitrogens is 1. The highest BCUT2D eigenvalue weighted by molar-refractivity contribution is 5.84. The van der Waals surface area contributed by atoms with Crippen LogP contribution in [-0.2, 0) is 22.6 Å².